The maximum absolute atomic E-state index is 14.0. The van der Waals surface area contributed by atoms with Crippen LogP contribution < -0.4 is 31.9 Å². The normalized spacial score (nSPS) is 30.3. The average Bonchev–Trinajstić information content (AvgIpc) is 0.826. The summed E-state index contributed by atoms with van der Waals surface area (Å²) in [6.07, 6.45) is -17.4. The number of carbonyl (C=O) groups excluding carboxylic acids is 4. The lowest BCUT2D eigenvalue weighted by atomic mass is 9.98. The standard InChI is InChI=1S/C64H120N6O30/c1-3-5-7-9-11-13-15-17-23-27-67-61(89)95-37-63(33-91-55-51(83)47(79)43(75)39(29-71)97-55,34-92-56-52(84)48(80)44(76)40(30-72)98-56)69-59(87)65-25-21-19-20-22-26-66-60(88)70-64(35-93-57-53(85)49(81)45(77)41(31-73)99-57,36-94-58-54(86)50(82)46(78)42(32-74)100-58)38-96-62(90)68-28-24-18-16-14-12-10-8-6-4-2/h39-58,71-86H,3-38H2,1-2H3,(H,67,89)(H,68,90)(H2,65,69,87)(H2,66,70,88)/t39-,40-,41-,42-,43+,44+,45+,46+,47+,48+,49+,50+,51-,52-,53-,54-,55-,56-,57-,58-/m1/s1. The zero-order valence-electron chi connectivity index (χ0n) is 57.9. The summed E-state index contributed by atoms with van der Waals surface area (Å²) in [6, 6.07) is -1.86. The van der Waals surface area contributed by atoms with Crippen LogP contribution in [0.4, 0.5) is 19.2 Å². The van der Waals surface area contributed by atoms with Gasteiger partial charge in [-0.3, -0.25) is 0 Å². The van der Waals surface area contributed by atoms with Crippen LogP contribution in [0.15, 0.2) is 0 Å². The summed E-state index contributed by atoms with van der Waals surface area (Å²) in [5.41, 5.74) is -4.10. The van der Waals surface area contributed by atoms with Crippen molar-refractivity contribution < 1.29 is 148 Å². The smallest absolute Gasteiger partial charge is 0.407 e. The Morgan fingerprint density at radius 1 is 0.300 bits per heavy atom. The first-order valence-corrected chi connectivity index (χ1v) is 35.6. The molecule has 36 nitrogen and oxygen atoms in total. The third kappa shape index (κ3) is 29.9. The van der Waals surface area contributed by atoms with Crippen molar-refractivity contribution in [2.24, 2.45) is 0 Å². The average molecular weight is 1450 g/mol. The van der Waals surface area contributed by atoms with Gasteiger partial charge in [-0.05, 0) is 25.7 Å². The number of aliphatic hydroxyl groups excluding tert-OH is 16. The van der Waals surface area contributed by atoms with E-state index in [2.05, 4.69) is 45.7 Å². The van der Waals surface area contributed by atoms with Gasteiger partial charge in [0.05, 0.1) is 52.9 Å². The molecule has 36 heteroatoms. The predicted octanol–water partition coefficient (Wildman–Crippen LogP) is -3.60. The minimum Gasteiger partial charge on any atom is -0.447 e. The summed E-state index contributed by atoms with van der Waals surface area (Å²) in [6.45, 7) is -3.36. The van der Waals surface area contributed by atoms with Crippen LogP contribution in [0.5, 0.6) is 0 Å². The molecule has 0 unspecified atom stereocenters. The third-order valence-electron chi connectivity index (χ3n) is 18.0. The number of hydrogen-bond acceptors (Lipinski definition) is 30. The van der Waals surface area contributed by atoms with E-state index in [1.807, 2.05) is 0 Å². The number of ether oxygens (including phenoxy) is 10. The van der Waals surface area contributed by atoms with Crippen LogP contribution in [0.2, 0.25) is 0 Å². The Morgan fingerprint density at radius 3 is 0.750 bits per heavy atom. The molecule has 586 valence electrons. The number of urea groups is 2. The number of nitrogens with one attached hydrogen (secondary N) is 6. The highest BCUT2D eigenvalue weighted by Gasteiger charge is 2.51. The molecule has 0 spiro atoms. The quantitative estimate of drug-likeness (QED) is 0.0262. The summed E-state index contributed by atoms with van der Waals surface area (Å²) in [7, 11) is 0. The molecule has 4 saturated heterocycles. The largest absolute Gasteiger partial charge is 0.447 e. The molecule has 0 aromatic rings. The molecular weight excluding hydrogens is 1330 g/mol. The highest BCUT2D eigenvalue weighted by Crippen LogP contribution is 2.29. The van der Waals surface area contributed by atoms with E-state index in [-0.39, 0.29) is 26.2 Å². The number of amides is 6. The van der Waals surface area contributed by atoms with Crippen LogP contribution in [0.1, 0.15) is 155 Å². The fourth-order valence-electron chi connectivity index (χ4n) is 11.6. The van der Waals surface area contributed by atoms with Gasteiger partial charge in [0.2, 0.25) is 0 Å². The van der Waals surface area contributed by atoms with Crippen LogP contribution in [0.3, 0.4) is 0 Å². The van der Waals surface area contributed by atoms with Crippen molar-refractivity contribution in [2.45, 2.75) is 289 Å². The molecule has 0 aromatic heterocycles. The molecule has 4 rings (SSSR count). The lowest BCUT2D eigenvalue weighted by molar-refractivity contribution is -0.314. The zero-order chi connectivity index (χ0) is 73.6. The van der Waals surface area contributed by atoms with Gasteiger partial charge in [-0.1, -0.05) is 129 Å². The van der Waals surface area contributed by atoms with E-state index >= 15 is 0 Å². The van der Waals surface area contributed by atoms with E-state index in [9.17, 15) is 101 Å². The van der Waals surface area contributed by atoms with Gasteiger partial charge < -0.3 is 161 Å². The number of alkyl carbamates (subject to hydrolysis) is 2. The first kappa shape index (κ1) is 88.5. The second-order valence-electron chi connectivity index (χ2n) is 26.4. The highest BCUT2D eigenvalue weighted by atomic mass is 16.7. The third-order valence-corrected chi connectivity index (χ3v) is 18.0. The summed E-state index contributed by atoms with van der Waals surface area (Å²) >= 11 is 0. The van der Waals surface area contributed by atoms with Gasteiger partial charge in [0.15, 0.2) is 25.2 Å². The Hall–Kier alpha value is -3.88. The highest BCUT2D eigenvalue weighted by molar-refractivity contribution is 5.75. The van der Waals surface area contributed by atoms with E-state index in [0.29, 0.717) is 38.5 Å². The SMILES string of the molecule is CCCCCCCCCCCNC(=O)OCC(CO[C@@H]1O[C@H](CO)[C@H](O)[C@H](O)[C@H]1O)(CO[C@@H]1O[C@H](CO)[C@H](O)[C@H](O)[C@H]1O)NC(=O)NCCCCCCNC(=O)NC(COC(=O)NCCCCCCCCCCC)(CO[C@@H]1O[C@H](CO)[C@H](O)[C@H](O)[C@H]1O)CO[C@@H]1O[C@H](CO)[C@H](O)[C@H](O)[C@H]1O. The summed E-state index contributed by atoms with van der Waals surface area (Å²) in [5.74, 6) is 0. The molecule has 4 heterocycles. The molecule has 4 fully saturated rings. The minimum atomic E-state index is -2.05. The van der Waals surface area contributed by atoms with Gasteiger partial charge in [0.25, 0.3) is 0 Å². The number of unbranched alkanes of at least 4 members (excludes halogenated alkanes) is 19. The maximum Gasteiger partial charge on any atom is 0.407 e. The van der Waals surface area contributed by atoms with Gasteiger partial charge in [0, 0.05) is 26.2 Å². The second kappa shape index (κ2) is 48.3. The molecule has 22 N–H and O–H groups in total. The van der Waals surface area contributed by atoms with Crippen LogP contribution in [-0.2, 0) is 47.4 Å². The van der Waals surface area contributed by atoms with Crippen molar-refractivity contribution in [2.75, 3.05) is 92.2 Å². The van der Waals surface area contributed by atoms with E-state index in [1.165, 1.54) is 25.7 Å². The molecule has 6 amide bonds. The van der Waals surface area contributed by atoms with Crippen molar-refractivity contribution in [3.8, 4) is 0 Å². The Labute approximate surface area is 583 Å². The molecule has 0 saturated carbocycles. The molecular formula is C64H120N6O30. The van der Waals surface area contributed by atoms with Crippen molar-refractivity contribution in [1.29, 1.82) is 0 Å². The Bertz CT molecular complexity index is 2000. The summed E-state index contributed by atoms with van der Waals surface area (Å²) in [5, 5.41) is 183. The minimum absolute atomic E-state index is 0.0186. The van der Waals surface area contributed by atoms with Crippen LogP contribution in [0, 0.1) is 0 Å². The van der Waals surface area contributed by atoms with Gasteiger partial charge in [0.1, 0.15) is 122 Å². The molecule has 100 heavy (non-hydrogen) atoms. The van der Waals surface area contributed by atoms with Crippen molar-refractivity contribution in [1.82, 2.24) is 31.9 Å². The Morgan fingerprint density at radius 2 is 0.520 bits per heavy atom. The molecule has 4 aliphatic heterocycles. The predicted molar refractivity (Wildman–Crippen MR) is 349 cm³/mol. The number of aliphatic hydroxyl groups is 16. The first-order valence-electron chi connectivity index (χ1n) is 35.6. The Kier molecular flexibility index (Phi) is 42.7. The number of rotatable bonds is 49. The van der Waals surface area contributed by atoms with E-state index in [1.54, 1.807) is 0 Å². The monoisotopic (exact) mass is 1450 g/mol. The van der Waals surface area contributed by atoms with Gasteiger partial charge in [-0.2, -0.15) is 0 Å². The van der Waals surface area contributed by atoms with E-state index in [4.69, 9.17) is 47.4 Å². The molecule has 4 aliphatic rings. The van der Waals surface area contributed by atoms with E-state index < -0.39 is 224 Å². The van der Waals surface area contributed by atoms with Crippen molar-refractivity contribution in [3.05, 3.63) is 0 Å². The van der Waals surface area contributed by atoms with Crippen LogP contribution >= 0.6 is 0 Å². The molecule has 0 aliphatic carbocycles. The van der Waals surface area contributed by atoms with Gasteiger partial charge >= 0.3 is 24.2 Å². The van der Waals surface area contributed by atoms with Crippen molar-refractivity contribution >= 4 is 24.2 Å². The maximum atomic E-state index is 14.0. The number of hydrogen-bond donors (Lipinski definition) is 22. The zero-order valence-corrected chi connectivity index (χ0v) is 57.9. The second-order valence-corrected chi connectivity index (χ2v) is 26.4. The van der Waals surface area contributed by atoms with Gasteiger partial charge in [-0.25, -0.2) is 19.2 Å². The molecule has 0 radical (unpaired) electrons. The Balaban J connectivity index is 1.47. The topological polar surface area (TPSA) is 556 Å². The lowest BCUT2D eigenvalue weighted by Gasteiger charge is -2.43. The molecule has 0 aromatic carbocycles. The lowest BCUT2D eigenvalue weighted by Crippen LogP contribution is -2.65. The molecule has 20 atom stereocenters. The first-order chi connectivity index (χ1) is 47.9. The summed E-state index contributed by atoms with van der Waals surface area (Å²) < 4.78 is 56.9. The van der Waals surface area contributed by atoms with Crippen molar-refractivity contribution in [3.63, 3.8) is 0 Å². The fourth-order valence-corrected chi connectivity index (χ4v) is 11.6. The molecule has 0 bridgehead atoms. The van der Waals surface area contributed by atoms with Crippen LogP contribution in [-0.4, -0.2) is 332 Å². The number of carbonyl (C=O) groups is 4. The van der Waals surface area contributed by atoms with Crippen LogP contribution in [0.25, 0.3) is 0 Å². The fraction of sp³-hybridized carbons (Fsp3) is 0.938. The van der Waals surface area contributed by atoms with Gasteiger partial charge in [-0.15, -0.1) is 0 Å². The van der Waals surface area contributed by atoms with E-state index in [0.717, 1.165) is 77.0 Å². The summed E-state index contributed by atoms with van der Waals surface area (Å²) in [4.78, 5) is 54.5.